The molecule has 3 spiro atoms. The predicted octanol–water partition coefficient (Wildman–Crippen LogP) is 14.7. The van der Waals surface area contributed by atoms with Crippen molar-refractivity contribution in [1.29, 1.82) is 0 Å². The molecule has 4 atom stereocenters. The highest BCUT2D eigenvalue weighted by atomic mass is 32.2. The van der Waals surface area contributed by atoms with E-state index in [9.17, 15) is 4.79 Å². The number of hydrogen-bond donors (Lipinski definition) is 0. The molecule has 0 N–H and O–H groups in total. The van der Waals surface area contributed by atoms with Crippen LogP contribution in [-0.4, -0.2) is 76.4 Å². The highest BCUT2D eigenvalue weighted by Crippen LogP contribution is 2.65. The second-order valence-corrected chi connectivity index (χ2v) is 36.3. The first-order chi connectivity index (χ1) is 32.1. The smallest absolute Gasteiger partial charge is 0.314 e. The minimum atomic E-state index is -2.08. The Kier molecular flexibility index (Phi) is 16.0. The first-order valence-corrected chi connectivity index (χ1v) is 34.4. The van der Waals surface area contributed by atoms with Gasteiger partial charge in [-0.3, -0.25) is 4.79 Å². The normalized spacial score (nSPS) is 25.9. The zero-order valence-corrected chi connectivity index (χ0v) is 47.6. The van der Waals surface area contributed by atoms with Crippen molar-refractivity contribution >= 4 is 46.1 Å². The molecule has 5 fully saturated rings. The minimum absolute atomic E-state index is 0.00237. The maximum Gasteiger partial charge on any atom is 0.314 e. The van der Waals surface area contributed by atoms with Crippen LogP contribution in [0.25, 0.3) is 0 Å². The summed E-state index contributed by atoms with van der Waals surface area (Å²) in [4.78, 5) is 13.0. The number of benzene rings is 2. The summed E-state index contributed by atoms with van der Waals surface area (Å²) in [5, 5.41) is 0.211. The fraction of sp³-hybridized carbons (Fsp3) is 0.764. The molecule has 2 aliphatic carbocycles. The Balaban J connectivity index is 0.000000185. The molecule has 0 bridgehead atoms. The summed E-state index contributed by atoms with van der Waals surface area (Å²) in [6.45, 7) is 30.2. The molecule has 13 heteroatoms. The van der Waals surface area contributed by atoms with E-state index in [4.69, 9.17) is 37.3 Å². The van der Waals surface area contributed by atoms with Gasteiger partial charge < -0.3 is 37.3 Å². The molecule has 0 aromatic heterocycles. The van der Waals surface area contributed by atoms with E-state index >= 15 is 0 Å². The number of esters is 1. The van der Waals surface area contributed by atoms with Crippen LogP contribution < -0.4 is 18.3 Å². The van der Waals surface area contributed by atoms with E-state index in [0.29, 0.717) is 50.4 Å². The van der Waals surface area contributed by atoms with Crippen LogP contribution in [0.2, 0.25) is 36.3 Å². The monoisotopic (exact) mass is 1010 g/mol. The average Bonchev–Trinajstić information content (AvgIpc) is 3.92. The molecule has 2 aromatic carbocycles. The van der Waals surface area contributed by atoms with Crippen LogP contribution in [0.15, 0.2) is 24.3 Å². The lowest BCUT2D eigenvalue weighted by atomic mass is 9.71. The van der Waals surface area contributed by atoms with Gasteiger partial charge in [0.2, 0.25) is 20.9 Å². The number of rotatable bonds is 12. The van der Waals surface area contributed by atoms with Crippen molar-refractivity contribution in [2.24, 2.45) is 11.8 Å². The van der Waals surface area contributed by atoms with Crippen molar-refractivity contribution in [3.63, 3.8) is 0 Å². The van der Waals surface area contributed by atoms with E-state index in [0.717, 1.165) is 74.2 Å². The Hall–Kier alpha value is -1.72. The van der Waals surface area contributed by atoms with Gasteiger partial charge in [-0.1, -0.05) is 81.1 Å². The second-order valence-electron chi connectivity index (χ2n) is 24.0. The van der Waals surface area contributed by atoms with Crippen LogP contribution >= 0.6 is 23.5 Å². The summed E-state index contributed by atoms with van der Waals surface area (Å²) in [6, 6.07) is 9.03. The third-order valence-corrected chi connectivity index (χ3v) is 29.0. The summed E-state index contributed by atoms with van der Waals surface area (Å²) in [6.07, 6.45) is 15.6. The van der Waals surface area contributed by atoms with Crippen LogP contribution in [0.5, 0.6) is 23.0 Å². The molecule has 2 unspecified atom stereocenters. The Labute approximate surface area is 420 Å². The second kappa shape index (κ2) is 20.7. The van der Waals surface area contributed by atoms with Crippen LogP contribution in [0.1, 0.15) is 173 Å². The van der Waals surface area contributed by atoms with Gasteiger partial charge in [-0.25, -0.2) is 0 Å². The van der Waals surface area contributed by atoms with Crippen molar-refractivity contribution in [3.8, 4) is 23.0 Å². The maximum atomic E-state index is 13.0. The van der Waals surface area contributed by atoms with Crippen molar-refractivity contribution in [2.45, 2.75) is 216 Å². The largest absolute Gasteiger partial charge is 0.543 e. The van der Waals surface area contributed by atoms with Gasteiger partial charge in [-0.15, -0.1) is 23.5 Å². The summed E-state index contributed by atoms with van der Waals surface area (Å²) in [5.41, 5.74) is 4.89. The third-order valence-electron chi connectivity index (χ3n) is 17.0. The summed E-state index contributed by atoms with van der Waals surface area (Å²) < 4.78 is 51.7. The molecule has 0 amide bonds. The molecule has 0 radical (unpaired) electrons. The lowest BCUT2D eigenvalue weighted by Crippen LogP contribution is -2.52. The highest BCUT2D eigenvalue weighted by Gasteiger charge is 2.59. The molecule has 380 valence electrons. The van der Waals surface area contributed by atoms with Gasteiger partial charge in [0.25, 0.3) is 0 Å². The molecule has 7 aliphatic rings. The number of thioether (sulfide) groups is 2. The van der Waals surface area contributed by atoms with E-state index in [-0.39, 0.29) is 32.1 Å². The molecular formula is C55H86O9S2Si2. The van der Waals surface area contributed by atoms with Gasteiger partial charge in [0.05, 0.1) is 32.3 Å². The molecule has 2 aromatic rings. The SMILES string of the molecule is CCCCCc1cc2c(c(O[Si](C)(C)C(C)(C)C)c1)C1CC3(CC[C@H]1C(=O)O2)OCCO3.CCCCCc1cc2c(c(O[Si](C)(C)C(C)(C)C)c1)C1CC3(CC[C@H]1C1(O2)SCCCS1)OCCO3. The standard InChI is InChI=1S/C29H46O4S2Si.C26H40O5Si/c1-7-8-9-11-21-18-24-26(25(19-21)33-36(5,6)27(2,3)4)22-20-28(30-14-15-31-28)13-12-23(22)29(32-24)34-16-10-17-35-29;1-7-8-9-10-18-15-21-23(22(16-18)31-32(5,6)25(2,3)4)20-17-26(28-13-14-29-26)12-11-19(20)24(27)30-21/h18-19,22-23H,7-17,20H2,1-6H3;15-16,19-20H,7-14,17H2,1-6H3/t22?,23-;19-,20?/m11/s1. The number of fused-ring (bicyclic) bond motifs is 7. The van der Waals surface area contributed by atoms with Gasteiger partial charge in [0, 0.05) is 54.6 Å². The predicted molar refractivity (Wildman–Crippen MR) is 283 cm³/mol. The summed E-state index contributed by atoms with van der Waals surface area (Å²) >= 11 is 4.09. The van der Waals surface area contributed by atoms with E-state index in [2.05, 4.69) is 106 Å². The lowest BCUT2D eigenvalue weighted by Gasteiger charge is -2.54. The lowest BCUT2D eigenvalue weighted by molar-refractivity contribution is -0.192. The summed E-state index contributed by atoms with van der Waals surface area (Å²) in [5.74, 6) is 5.59. The van der Waals surface area contributed by atoms with E-state index in [1.54, 1.807) is 0 Å². The highest BCUT2D eigenvalue weighted by molar-refractivity contribution is 8.18. The topological polar surface area (TPSA) is 90.9 Å². The minimum Gasteiger partial charge on any atom is -0.543 e. The van der Waals surface area contributed by atoms with E-state index in [1.165, 1.54) is 66.7 Å². The number of carbonyl (C=O) groups excluding carboxylic acids is 1. The molecule has 2 saturated carbocycles. The zero-order chi connectivity index (χ0) is 48.8. The van der Waals surface area contributed by atoms with Crippen LogP contribution in [0, 0.1) is 11.8 Å². The first-order valence-electron chi connectivity index (χ1n) is 26.6. The van der Waals surface area contributed by atoms with Gasteiger partial charge >= 0.3 is 5.97 Å². The number of carbonyl (C=O) groups is 1. The van der Waals surface area contributed by atoms with E-state index in [1.807, 2.05) is 23.5 Å². The Morgan fingerprint density at radius 2 is 1.10 bits per heavy atom. The molecular weight excluding hydrogens is 925 g/mol. The molecule has 3 saturated heterocycles. The first kappa shape index (κ1) is 52.6. The maximum absolute atomic E-state index is 13.0. The molecule has 9 nitrogen and oxygen atoms in total. The van der Waals surface area contributed by atoms with E-state index < -0.39 is 28.2 Å². The fourth-order valence-electron chi connectivity index (χ4n) is 11.0. The number of ether oxygens (including phenoxy) is 6. The quantitative estimate of drug-likeness (QED) is 0.0881. The number of unbranched alkanes of at least 4 members (excludes halogenated alkanes) is 4. The molecule has 68 heavy (non-hydrogen) atoms. The number of aryl methyl sites for hydroxylation is 2. The van der Waals surface area contributed by atoms with Crippen molar-refractivity contribution < 1.29 is 42.1 Å². The van der Waals surface area contributed by atoms with Crippen molar-refractivity contribution in [1.82, 2.24) is 0 Å². The van der Waals surface area contributed by atoms with Crippen molar-refractivity contribution in [3.05, 3.63) is 46.5 Å². The molecule has 5 heterocycles. The van der Waals surface area contributed by atoms with Crippen LogP contribution in [0.3, 0.4) is 0 Å². The molecule has 9 rings (SSSR count). The Morgan fingerprint density at radius 1 is 0.632 bits per heavy atom. The fourth-order valence-corrected chi connectivity index (χ4v) is 16.5. The molecule has 5 aliphatic heterocycles. The Morgan fingerprint density at radius 3 is 1.60 bits per heavy atom. The zero-order valence-electron chi connectivity index (χ0n) is 44.0. The Bertz CT molecular complexity index is 2080. The number of hydrogen-bond acceptors (Lipinski definition) is 11. The van der Waals surface area contributed by atoms with Crippen LogP contribution in [-0.2, 0) is 36.6 Å². The van der Waals surface area contributed by atoms with Gasteiger partial charge in [0.15, 0.2) is 11.6 Å². The van der Waals surface area contributed by atoms with Crippen LogP contribution in [0.4, 0.5) is 0 Å². The van der Waals surface area contributed by atoms with Gasteiger partial charge in [-0.2, -0.15) is 0 Å². The van der Waals surface area contributed by atoms with Gasteiger partial charge in [-0.05, 0) is 128 Å². The summed E-state index contributed by atoms with van der Waals surface area (Å²) in [7, 11) is -4.12. The average molecular weight is 1010 g/mol. The van der Waals surface area contributed by atoms with Crippen molar-refractivity contribution in [2.75, 3.05) is 37.9 Å². The third kappa shape index (κ3) is 11.0. The van der Waals surface area contributed by atoms with Gasteiger partial charge in [0.1, 0.15) is 23.0 Å².